The number of nitrogen functional groups attached to an aromatic ring is 1. The molecule has 2 aliphatic rings. The van der Waals surface area contributed by atoms with Crippen LogP contribution in [0.5, 0.6) is 5.75 Å². The van der Waals surface area contributed by atoms with Gasteiger partial charge in [0.05, 0.1) is 5.56 Å². The van der Waals surface area contributed by atoms with E-state index in [1.807, 2.05) is 4.90 Å². The molecule has 3 N–H and O–H groups in total. The predicted octanol–water partition coefficient (Wildman–Crippen LogP) is 2.63. The van der Waals surface area contributed by atoms with Gasteiger partial charge in [0.2, 0.25) is 0 Å². The highest BCUT2D eigenvalue weighted by Gasteiger charge is 2.33. The number of hydrogen-bond donors (Lipinski definition) is 2. The fourth-order valence-corrected chi connectivity index (χ4v) is 3.69. The Morgan fingerprint density at radius 1 is 1.20 bits per heavy atom. The molecular weight excluding hydrogens is 252 g/mol. The van der Waals surface area contributed by atoms with Crippen molar-refractivity contribution in [1.82, 2.24) is 4.90 Å². The lowest BCUT2D eigenvalue weighted by Crippen LogP contribution is -2.44. The maximum absolute atomic E-state index is 12.6. The van der Waals surface area contributed by atoms with Crippen molar-refractivity contribution in [3.05, 3.63) is 23.8 Å². The van der Waals surface area contributed by atoms with Crippen molar-refractivity contribution < 1.29 is 9.90 Å². The van der Waals surface area contributed by atoms with Gasteiger partial charge < -0.3 is 15.7 Å². The molecule has 20 heavy (non-hydrogen) atoms. The van der Waals surface area contributed by atoms with Crippen LogP contribution in [0, 0.1) is 11.8 Å². The van der Waals surface area contributed by atoms with Gasteiger partial charge in [0.25, 0.3) is 5.91 Å². The normalized spacial score (nSPS) is 26.1. The number of likely N-dealkylation sites (tertiary alicyclic amines) is 1. The van der Waals surface area contributed by atoms with E-state index in [9.17, 15) is 9.90 Å². The number of anilines is 1. The minimum Gasteiger partial charge on any atom is -0.508 e. The third-order valence-corrected chi connectivity index (χ3v) is 4.85. The van der Waals surface area contributed by atoms with Crippen molar-refractivity contribution in [3.8, 4) is 5.75 Å². The summed E-state index contributed by atoms with van der Waals surface area (Å²) in [4.78, 5) is 14.5. The van der Waals surface area contributed by atoms with E-state index in [-0.39, 0.29) is 11.7 Å². The summed E-state index contributed by atoms with van der Waals surface area (Å²) in [5.74, 6) is 1.51. The van der Waals surface area contributed by atoms with Gasteiger partial charge in [0.15, 0.2) is 0 Å². The quantitative estimate of drug-likeness (QED) is 0.611. The van der Waals surface area contributed by atoms with E-state index in [1.54, 1.807) is 6.07 Å². The Labute approximate surface area is 119 Å². The van der Waals surface area contributed by atoms with E-state index >= 15 is 0 Å². The lowest BCUT2D eigenvalue weighted by atomic mass is 9.75. The summed E-state index contributed by atoms with van der Waals surface area (Å²) in [5, 5.41) is 9.55. The summed E-state index contributed by atoms with van der Waals surface area (Å²) < 4.78 is 0. The van der Waals surface area contributed by atoms with Crippen LogP contribution in [-0.2, 0) is 0 Å². The first kappa shape index (κ1) is 13.3. The first-order valence-electron chi connectivity index (χ1n) is 7.53. The van der Waals surface area contributed by atoms with Crippen LogP contribution in [0.1, 0.15) is 42.5 Å². The van der Waals surface area contributed by atoms with Gasteiger partial charge in [0.1, 0.15) is 5.75 Å². The number of hydrogen-bond acceptors (Lipinski definition) is 3. The molecule has 4 heteroatoms. The number of carbonyl (C=O) groups is 1. The molecule has 108 valence electrons. The van der Waals surface area contributed by atoms with Crippen molar-refractivity contribution >= 4 is 11.6 Å². The number of nitrogens with two attached hydrogens (primary N) is 1. The second kappa shape index (κ2) is 5.35. The zero-order valence-electron chi connectivity index (χ0n) is 11.7. The van der Waals surface area contributed by atoms with Crippen LogP contribution in [0.4, 0.5) is 5.69 Å². The monoisotopic (exact) mass is 274 g/mol. The van der Waals surface area contributed by atoms with Gasteiger partial charge in [-0.05, 0) is 42.9 Å². The minimum atomic E-state index is -0.0394. The third kappa shape index (κ3) is 2.47. The fourth-order valence-electron chi connectivity index (χ4n) is 3.69. The van der Waals surface area contributed by atoms with Gasteiger partial charge in [-0.15, -0.1) is 0 Å². The Morgan fingerprint density at radius 2 is 1.95 bits per heavy atom. The van der Waals surface area contributed by atoms with Gasteiger partial charge in [-0.2, -0.15) is 0 Å². The number of piperidine rings is 1. The van der Waals surface area contributed by atoms with Crippen molar-refractivity contribution in [2.45, 2.75) is 32.1 Å². The summed E-state index contributed by atoms with van der Waals surface area (Å²) >= 11 is 0. The lowest BCUT2D eigenvalue weighted by molar-refractivity contribution is 0.0521. The Balaban J connectivity index is 1.76. The van der Waals surface area contributed by atoms with Gasteiger partial charge >= 0.3 is 0 Å². The molecule has 1 saturated heterocycles. The number of carbonyl (C=O) groups excluding carboxylic acids is 1. The Hall–Kier alpha value is -1.71. The molecule has 4 nitrogen and oxygen atoms in total. The van der Waals surface area contributed by atoms with Crippen molar-refractivity contribution in [1.29, 1.82) is 0 Å². The van der Waals surface area contributed by atoms with E-state index < -0.39 is 0 Å². The van der Waals surface area contributed by atoms with Crippen LogP contribution in [0.2, 0.25) is 0 Å². The molecule has 1 heterocycles. The lowest BCUT2D eigenvalue weighted by Gasteiger charge is -2.41. The summed E-state index contributed by atoms with van der Waals surface area (Å²) in [6.07, 6.45) is 6.30. The summed E-state index contributed by atoms with van der Waals surface area (Å²) in [7, 11) is 0. The molecule has 0 spiro atoms. The first-order valence-corrected chi connectivity index (χ1v) is 7.53. The Kier molecular flexibility index (Phi) is 3.55. The second-order valence-corrected chi connectivity index (χ2v) is 6.12. The van der Waals surface area contributed by atoms with Crippen molar-refractivity contribution in [2.24, 2.45) is 11.8 Å². The van der Waals surface area contributed by atoms with Gasteiger partial charge in [-0.3, -0.25) is 4.79 Å². The van der Waals surface area contributed by atoms with Crippen molar-refractivity contribution in [2.75, 3.05) is 18.8 Å². The number of rotatable bonds is 1. The maximum Gasteiger partial charge on any atom is 0.256 e. The Morgan fingerprint density at radius 3 is 2.75 bits per heavy atom. The fraction of sp³-hybridized carbons (Fsp3) is 0.562. The topological polar surface area (TPSA) is 66.6 Å². The van der Waals surface area contributed by atoms with Gasteiger partial charge in [-0.1, -0.05) is 19.3 Å². The van der Waals surface area contributed by atoms with Crippen LogP contribution >= 0.6 is 0 Å². The zero-order valence-corrected chi connectivity index (χ0v) is 11.7. The number of aromatic hydroxyl groups is 1. The van der Waals surface area contributed by atoms with E-state index in [1.165, 1.54) is 37.8 Å². The molecular formula is C16H22N2O2. The van der Waals surface area contributed by atoms with Crippen LogP contribution in [0.25, 0.3) is 0 Å². The number of phenols is 1. The molecule has 1 amide bonds. The van der Waals surface area contributed by atoms with Crippen LogP contribution in [-0.4, -0.2) is 29.0 Å². The maximum atomic E-state index is 12.6. The number of amides is 1. The summed E-state index contributed by atoms with van der Waals surface area (Å²) in [6.45, 7) is 1.66. The van der Waals surface area contributed by atoms with Crippen LogP contribution < -0.4 is 5.73 Å². The SMILES string of the molecule is Nc1ccc(O)cc1C(=O)N1CCC2CCCCC2C1. The molecule has 0 bridgehead atoms. The van der Waals surface area contributed by atoms with Crippen molar-refractivity contribution in [3.63, 3.8) is 0 Å². The molecule has 1 aromatic carbocycles. The number of fused-ring (bicyclic) bond motifs is 1. The highest BCUT2D eigenvalue weighted by atomic mass is 16.3. The molecule has 1 saturated carbocycles. The van der Waals surface area contributed by atoms with E-state index in [0.717, 1.165) is 25.4 Å². The van der Waals surface area contributed by atoms with Gasteiger partial charge in [0, 0.05) is 18.8 Å². The molecule has 2 atom stereocenters. The first-order chi connectivity index (χ1) is 9.65. The highest BCUT2D eigenvalue weighted by molar-refractivity contribution is 5.99. The predicted molar refractivity (Wildman–Crippen MR) is 78.5 cm³/mol. The van der Waals surface area contributed by atoms with Gasteiger partial charge in [-0.25, -0.2) is 0 Å². The average Bonchev–Trinajstić information content (AvgIpc) is 2.48. The molecule has 2 fully saturated rings. The number of nitrogens with zero attached hydrogens (tertiary/aromatic N) is 1. The number of phenolic OH excluding ortho intramolecular Hbond substituents is 1. The largest absolute Gasteiger partial charge is 0.508 e. The third-order valence-electron chi connectivity index (χ3n) is 4.85. The summed E-state index contributed by atoms with van der Waals surface area (Å²) in [6, 6.07) is 4.58. The molecule has 3 rings (SSSR count). The van der Waals surface area contributed by atoms with Crippen LogP contribution in [0.3, 0.4) is 0 Å². The van der Waals surface area contributed by atoms with E-state index in [4.69, 9.17) is 5.73 Å². The standard InChI is InChI=1S/C16H22N2O2/c17-15-6-5-13(19)9-14(15)16(20)18-8-7-11-3-1-2-4-12(11)10-18/h5-6,9,11-12,19H,1-4,7-8,10,17H2. The molecule has 1 aliphatic carbocycles. The summed E-state index contributed by atoms with van der Waals surface area (Å²) in [5.41, 5.74) is 6.74. The highest BCUT2D eigenvalue weighted by Crippen LogP contribution is 2.36. The Bertz CT molecular complexity index is 515. The molecule has 1 aliphatic heterocycles. The molecule has 1 aromatic rings. The molecule has 0 aromatic heterocycles. The van der Waals surface area contributed by atoms with Crippen LogP contribution in [0.15, 0.2) is 18.2 Å². The number of benzene rings is 1. The van der Waals surface area contributed by atoms with E-state index in [0.29, 0.717) is 17.2 Å². The smallest absolute Gasteiger partial charge is 0.256 e. The average molecular weight is 274 g/mol. The minimum absolute atomic E-state index is 0.0394. The molecule has 2 unspecified atom stereocenters. The second-order valence-electron chi connectivity index (χ2n) is 6.12. The van der Waals surface area contributed by atoms with E-state index in [2.05, 4.69) is 0 Å². The molecule has 0 radical (unpaired) electrons. The zero-order chi connectivity index (χ0) is 14.1.